The van der Waals surface area contributed by atoms with Gasteiger partial charge >= 0.3 is 0 Å². The minimum absolute atomic E-state index is 0.723. The third-order valence-corrected chi connectivity index (χ3v) is 12.7. The number of hydrogen-bond donors (Lipinski definition) is 0. The van der Waals surface area contributed by atoms with Gasteiger partial charge in [-0.05, 0) is 41.8 Å². The van der Waals surface area contributed by atoms with Gasteiger partial charge in [0, 0.05) is 23.8 Å². The van der Waals surface area contributed by atoms with Gasteiger partial charge in [0.1, 0.15) is 0 Å². The van der Waals surface area contributed by atoms with Crippen molar-refractivity contribution in [2.75, 3.05) is 6.16 Å². The van der Waals surface area contributed by atoms with E-state index in [0.29, 0.717) is 0 Å². The van der Waals surface area contributed by atoms with Gasteiger partial charge in [-0.2, -0.15) is 0 Å². The fourth-order valence-electron chi connectivity index (χ4n) is 3.83. The summed E-state index contributed by atoms with van der Waals surface area (Å²) in [5.41, 5.74) is 0. The largest absolute Gasteiger partial charge is 0.288 e. The summed E-state index contributed by atoms with van der Waals surface area (Å²) >= 11 is 0. The third-order valence-electron chi connectivity index (χ3n) is 5.46. The minimum atomic E-state index is -3.28. The van der Waals surface area contributed by atoms with Gasteiger partial charge in [-0.1, -0.05) is 109 Å². The second kappa shape index (κ2) is 10.1. The van der Waals surface area contributed by atoms with Crippen LogP contribution < -0.4 is 21.2 Å². The zero-order valence-corrected chi connectivity index (χ0v) is 19.9. The van der Waals surface area contributed by atoms with Crippen LogP contribution in [0.2, 0.25) is 0 Å². The van der Waals surface area contributed by atoms with Crippen LogP contribution in [0.5, 0.6) is 0 Å². The Morgan fingerprint density at radius 3 is 1.28 bits per heavy atom. The summed E-state index contributed by atoms with van der Waals surface area (Å²) in [5.74, 6) is 0. The molecule has 0 saturated carbocycles. The molecule has 0 spiro atoms. The molecule has 0 N–H and O–H groups in total. The quantitative estimate of drug-likeness (QED) is 0.236. The average Bonchev–Trinajstić information content (AvgIpc) is 2.88. The Hall–Kier alpha value is -2.92. The van der Waals surface area contributed by atoms with Crippen molar-refractivity contribution in [1.29, 1.82) is 0 Å². The molecule has 4 rings (SSSR count). The topological polar surface area (TPSA) is 29.4 Å². The molecule has 32 heavy (non-hydrogen) atoms. The SMILES string of the molecule is C/C=C\CP(=NP(=O)(c1ccccc1)c1ccccc1)(c1ccccc1)c1ccccc1. The molecule has 0 fully saturated rings. The highest BCUT2D eigenvalue weighted by molar-refractivity contribution is 7.89. The lowest BCUT2D eigenvalue weighted by Gasteiger charge is -2.28. The van der Waals surface area contributed by atoms with E-state index in [1.165, 1.54) is 0 Å². The lowest BCUT2D eigenvalue weighted by molar-refractivity contribution is 0.588. The van der Waals surface area contributed by atoms with Crippen LogP contribution >= 0.6 is 14.3 Å². The molecule has 0 unspecified atom stereocenters. The molecule has 0 amide bonds. The molecule has 4 aromatic rings. The van der Waals surface area contributed by atoms with Crippen LogP contribution in [0, 0.1) is 0 Å². The first-order valence-corrected chi connectivity index (χ1v) is 14.3. The summed E-state index contributed by atoms with van der Waals surface area (Å²) in [6.07, 6.45) is 4.95. The Bertz CT molecular complexity index is 1180. The Morgan fingerprint density at radius 2 is 0.938 bits per heavy atom. The number of allylic oxidation sites excluding steroid dienone is 2. The van der Waals surface area contributed by atoms with Gasteiger partial charge in [0.25, 0.3) is 0 Å². The highest BCUT2D eigenvalue weighted by atomic mass is 31.2. The maximum Gasteiger partial charge on any atom is 0.246 e. The van der Waals surface area contributed by atoms with Gasteiger partial charge in [0.15, 0.2) is 0 Å². The fourth-order valence-corrected chi connectivity index (χ4v) is 11.5. The summed E-state index contributed by atoms with van der Waals surface area (Å²) < 4.78 is 20.5. The lowest BCUT2D eigenvalue weighted by atomic mass is 10.4. The Balaban J connectivity index is 2.13. The van der Waals surface area contributed by atoms with Crippen molar-refractivity contribution >= 4 is 35.6 Å². The van der Waals surface area contributed by atoms with E-state index in [2.05, 4.69) is 36.4 Å². The van der Waals surface area contributed by atoms with Crippen molar-refractivity contribution in [2.45, 2.75) is 6.92 Å². The van der Waals surface area contributed by atoms with Crippen LogP contribution in [0.3, 0.4) is 0 Å². The Kier molecular flexibility index (Phi) is 7.05. The number of benzene rings is 4. The maximum atomic E-state index is 15.0. The van der Waals surface area contributed by atoms with E-state index in [-0.39, 0.29) is 0 Å². The van der Waals surface area contributed by atoms with Crippen molar-refractivity contribution in [3.05, 3.63) is 133 Å². The van der Waals surface area contributed by atoms with Crippen LogP contribution in [0.4, 0.5) is 0 Å². The Labute approximate surface area is 191 Å². The smallest absolute Gasteiger partial charge is 0.246 e. The fraction of sp³-hybridized carbons (Fsp3) is 0.0714. The van der Waals surface area contributed by atoms with Crippen LogP contribution in [0.15, 0.2) is 138 Å². The van der Waals surface area contributed by atoms with Gasteiger partial charge in [-0.15, -0.1) is 0 Å². The monoisotopic (exact) mass is 455 g/mol. The standard InChI is InChI=1S/C28H27NOP2/c1-2-3-24-31(25-16-8-4-9-17-25,26-18-10-5-11-19-26)29-32(30,27-20-12-6-13-21-27)28-22-14-7-15-23-28/h2-23H,24H2,1H3/b3-2-. The highest BCUT2D eigenvalue weighted by Gasteiger charge is 2.33. The molecule has 0 saturated heterocycles. The molecule has 0 atom stereocenters. The van der Waals surface area contributed by atoms with E-state index < -0.39 is 14.3 Å². The third kappa shape index (κ3) is 4.49. The summed E-state index contributed by atoms with van der Waals surface area (Å²) in [6.45, 7) is 2.03. The zero-order valence-electron chi connectivity index (χ0n) is 18.2. The maximum absolute atomic E-state index is 15.0. The summed E-state index contributed by atoms with van der Waals surface area (Å²) in [5, 5.41) is 3.80. The summed E-state index contributed by atoms with van der Waals surface area (Å²) in [4.78, 5) is 0. The normalized spacial score (nSPS) is 12.0. The molecule has 4 heteroatoms. The van der Waals surface area contributed by atoms with E-state index >= 15 is 0 Å². The molecule has 0 aliphatic carbocycles. The first-order valence-electron chi connectivity index (χ1n) is 10.8. The average molecular weight is 455 g/mol. The van der Waals surface area contributed by atoms with E-state index in [9.17, 15) is 4.57 Å². The second-order valence-corrected chi connectivity index (χ2v) is 13.4. The van der Waals surface area contributed by atoms with Crippen molar-refractivity contribution in [3.63, 3.8) is 0 Å². The van der Waals surface area contributed by atoms with Gasteiger partial charge in [0.05, 0.1) is 0 Å². The van der Waals surface area contributed by atoms with Crippen LogP contribution in [0.1, 0.15) is 6.92 Å². The molecule has 0 aliphatic rings. The van der Waals surface area contributed by atoms with E-state index in [1.54, 1.807) is 0 Å². The van der Waals surface area contributed by atoms with Gasteiger partial charge in [-0.3, -0.25) is 4.57 Å². The van der Waals surface area contributed by atoms with Gasteiger partial charge < -0.3 is 0 Å². The molecule has 160 valence electrons. The molecule has 2 nitrogen and oxygen atoms in total. The number of nitrogens with zero attached hydrogens (tertiary/aromatic N) is 1. The second-order valence-electron chi connectivity index (χ2n) is 7.53. The molecule has 0 radical (unpaired) electrons. The minimum Gasteiger partial charge on any atom is -0.288 e. The van der Waals surface area contributed by atoms with Crippen molar-refractivity contribution < 1.29 is 4.57 Å². The molecule has 0 aliphatic heterocycles. The summed E-state index contributed by atoms with van der Waals surface area (Å²) in [7, 11) is -5.67. The molecular formula is C28H27NOP2. The molecule has 4 aromatic carbocycles. The molecule has 0 bridgehead atoms. The van der Waals surface area contributed by atoms with E-state index in [4.69, 9.17) is 4.52 Å². The van der Waals surface area contributed by atoms with E-state index in [1.807, 2.05) is 104 Å². The first kappa shape index (κ1) is 22.3. The molecule has 0 aromatic heterocycles. The summed E-state index contributed by atoms with van der Waals surface area (Å²) in [6, 6.07) is 40.2. The van der Waals surface area contributed by atoms with Crippen LogP contribution in [0.25, 0.3) is 0 Å². The van der Waals surface area contributed by atoms with Crippen LogP contribution in [-0.4, -0.2) is 6.16 Å². The van der Waals surface area contributed by atoms with Gasteiger partial charge in [0.2, 0.25) is 7.29 Å². The first-order chi connectivity index (χ1) is 15.7. The molecule has 0 heterocycles. The Morgan fingerprint density at radius 1 is 0.594 bits per heavy atom. The van der Waals surface area contributed by atoms with E-state index in [0.717, 1.165) is 27.4 Å². The van der Waals surface area contributed by atoms with Crippen molar-refractivity contribution in [1.82, 2.24) is 0 Å². The van der Waals surface area contributed by atoms with Gasteiger partial charge in [-0.25, -0.2) is 4.52 Å². The molecular weight excluding hydrogens is 428 g/mol. The van der Waals surface area contributed by atoms with Crippen LogP contribution in [-0.2, 0) is 4.57 Å². The lowest BCUT2D eigenvalue weighted by Crippen LogP contribution is -2.21. The predicted molar refractivity (Wildman–Crippen MR) is 141 cm³/mol. The highest BCUT2D eigenvalue weighted by Crippen LogP contribution is 2.59. The van der Waals surface area contributed by atoms with Crippen molar-refractivity contribution in [2.24, 2.45) is 4.52 Å². The van der Waals surface area contributed by atoms with Crippen molar-refractivity contribution in [3.8, 4) is 0 Å². The number of rotatable bonds is 7. The predicted octanol–water partition coefficient (Wildman–Crippen LogP) is 6.34. The number of hydrogen-bond acceptors (Lipinski definition) is 1. The zero-order chi connectivity index (χ0) is 22.3.